The number of nitrogens with zero attached hydrogens (tertiary/aromatic N) is 2. The molecule has 2 heterocycles. The molecule has 0 unspecified atom stereocenters. The van der Waals surface area contributed by atoms with Crippen molar-refractivity contribution in [1.29, 1.82) is 5.41 Å². The second-order valence-electron chi connectivity index (χ2n) is 3.66. The van der Waals surface area contributed by atoms with Crippen molar-refractivity contribution in [2.75, 3.05) is 26.2 Å². The van der Waals surface area contributed by atoms with Crippen LogP contribution in [0.25, 0.3) is 0 Å². The SMILES string of the molecule is N=C(N)N1CCN2CCC[C@@H]2C1. The van der Waals surface area contributed by atoms with Gasteiger partial charge in [0.05, 0.1) is 0 Å². The van der Waals surface area contributed by atoms with Crippen LogP contribution in [-0.4, -0.2) is 48.0 Å². The highest BCUT2D eigenvalue weighted by atomic mass is 15.3. The molecule has 4 heteroatoms. The van der Waals surface area contributed by atoms with E-state index in [-0.39, 0.29) is 5.96 Å². The first kappa shape index (κ1) is 7.86. The Hall–Kier alpha value is -0.770. The molecule has 2 rings (SSSR count). The van der Waals surface area contributed by atoms with Crippen LogP contribution < -0.4 is 5.73 Å². The Morgan fingerprint density at radius 1 is 1.33 bits per heavy atom. The topological polar surface area (TPSA) is 56.4 Å². The van der Waals surface area contributed by atoms with Crippen molar-refractivity contribution in [3.8, 4) is 0 Å². The summed E-state index contributed by atoms with van der Waals surface area (Å²) in [5.41, 5.74) is 5.44. The molecular formula is C8H16N4. The van der Waals surface area contributed by atoms with Gasteiger partial charge in [0.1, 0.15) is 0 Å². The van der Waals surface area contributed by atoms with Crippen LogP contribution in [0.1, 0.15) is 12.8 Å². The van der Waals surface area contributed by atoms with Crippen LogP contribution in [0.15, 0.2) is 0 Å². The van der Waals surface area contributed by atoms with Crippen LogP contribution in [0.5, 0.6) is 0 Å². The van der Waals surface area contributed by atoms with Gasteiger partial charge < -0.3 is 10.6 Å². The summed E-state index contributed by atoms with van der Waals surface area (Å²) in [6, 6.07) is 0.669. The molecule has 0 bridgehead atoms. The monoisotopic (exact) mass is 168 g/mol. The molecule has 0 saturated carbocycles. The maximum absolute atomic E-state index is 7.33. The predicted molar refractivity (Wildman–Crippen MR) is 48.1 cm³/mol. The lowest BCUT2D eigenvalue weighted by molar-refractivity contribution is 0.150. The molecule has 12 heavy (non-hydrogen) atoms. The third-order valence-corrected chi connectivity index (χ3v) is 2.93. The third-order valence-electron chi connectivity index (χ3n) is 2.93. The Balaban J connectivity index is 1.96. The van der Waals surface area contributed by atoms with Crippen molar-refractivity contribution >= 4 is 5.96 Å². The lowest BCUT2D eigenvalue weighted by Crippen LogP contribution is -2.53. The Morgan fingerprint density at radius 2 is 2.17 bits per heavy atom. The van der Waals surface area contributed by atoms with E-state index in [2.05, 4.69) is 4.90 Å². The van der Waals surface area contributed by atoms with Gasteiger partial charge in [0.25, 0.3) is 0 Å². The third kappa shape index (κ3) is 1.27. The van der Waals surface area contributed by atoms with Crippen LogP contribution in [0.3, 0.4) is 0 Å². The molecule has 0 aromatic rings. The second kappa shape index (κ2) is 2.94. The van der Waals surface area contributed by atoms with Crippen molar-refractivity contribution < 1.29 is 0 Å². The summed E-state index contributed by atoms with van der Waals surface area (Å²) >= 11 is 0. The minimum atomic E-state index is 0.238. The number of fused-ring (bicyclic) bond motifs is 1. The van der Waals surface area contributed by atoms with E-state index in [1.54, 1.807) is 0 Å². The van der Waals surface area contributed by atoms with Gasteiger partial charge in [-0.1, -0.05) is 0 Å². The van der Waals surface area contributed by atoms with Gasteiger partial charge in [0, 0.05) is 25.7 Å². The number of piperazine rings is 1. The number of hydrogen-bond donors (Lipinski definition) is 2. The summed E-state index contributed by atoms with van der Waals surface area (Å²) in [4.78, 5) is 4.49. The summed E-state index contributed by atoms with van der Waals surface area (Å²) in [6.45, 7) is 4.24. The molecule has 2 fully saturated rings. The first-order chi connectivity index (χ1) is 5.77. The molecule has 2 aliphatic rings. The van der Waals surface area contributed by atoms with Crippen molar-refractivity contribution in [2.45, 2.75) is 18.9 Å². The highest BCUT2D eigenvalue weighted by Crippen LogP contribution is 2.20. The summed E-state index contributed by atoms with van der Waals surface area (Å²) in [6.07, 6.45) is 2.60. The van der Waals surface area contributed by atoms with Crippen LogP contribution >= 0.6 is 0 Å². The van der Waals surface area contributed by atoms with Gasteiger partial charge in [-0.2, -0.15) is 0 Å². The molecule has 0 aromatic heterocycles. The van der Waals surface area contributed by atoms with Crippen LogP contribution in [0.2, 0.25) is 0 Å². The van der Waals surface area contributed by atoms with Crippen LogP contribution in [-0.2, 0) is 0 Å². The lowest BCUT2D eigenvalue weighted by Gasteiger charge is -2.37. The van der Waals surface area contributed by atoms with E-state index in [1.807, 2.05) is 4.90 Å². The maximum atomic E-state index is 7.33. The molecule has 0 radical (unpaired) electrons. The molecule has 2 saturated heterocycles. The highest BCUT2D eigenvalue weighted by molar-refractivity contribution is 5.74. The number of rotatable bonds is 0. The molecule has 0 amide bonds. The van der Waals surface area contributed by atoms with Gasteiger partial charge in [-0.25, -0.2) is 0 Å². The molecule has 2 aliphatic heterocycles. The molecular weight excluding hydrogens is 152 g/mol. The van der Waals surface area contributed by atoms with E-state index in [4.69, 9.17) is 11.1 Å². The molecule has 68 valence electrons. The lowest BCUT2D eigenvalue weighted by atomic mass is 10.2. The van der Waals surface area contributed by atoms with Crippen molar-refractivity contribution in [1.82, 2.24) is 9.80 Å². The van der Waals surface area contributed by atoms with Gasteiger partial charge in [-0.15, -0.1) is 0 Å². The smallest absolute Gasteiger partial charge is 0.188 e. The van der Waals surface area contributed by atoms with Crippen molar-refractivity contribution in [2.24, 2.45) is 5.73 Å². The molecule has 4 nitrogen and oxygen atoms in total. The van der Waals surface area contributed by atoms with Crippen molar-refractivity contribution in [3.05, 3.63) is 0 Å². The first-order valence-electron chi connectivity index (χ1n) is 4.60. The number of nitrogens with two attached hydrogens (primary N) is 1. The highest BCUT2D eigenvalue weighted by Gasteiger charge is 2.30. The summed E-state index contributed by atoms with van der Waals surface area (Å²) in [7, 11) is 0. The van der Waals surface area contributed by atoms with E-state index in [0.717, 1.165) is 19.6 Å². The largest absolute Gasteiger partial charge is 0.370 e. The zero-order chi connectivity index (χ0) is 8.55. The van der Waals surface area contributed by atoms with Crippen LogP contribution in [0, 0.1) is 5.41 Å². The average Bonchev–Trinajstić information content (AvgIpc) is 2.49. The average molecular weight is 168 g/mol. The zero-order valence-electron chi connectivity index (χ0n) is 7.29. The number of hydrogen-bond acceptors (Lipinski definition) is 2. The van der Waals surface area contributed by atoms with E-state index < -0.39 is 0 Å². The number of nitrogens with one attached hydrogen (secondary N) is 1. The molecule has 0 spiro atoms. The molecule has 1 atom stereocenters. The standard InChI is InChI=1S/C8H16N4/c9-8(10)12-5-4-11-3-1-2-7(11)6-12/h7H,1-6H2,(H3,9,10)/t7-/m1/s1. The Bertz CT molecular complexity index is 191. The minimum absolute atomic E-state index is 0.238. The summed E-state index contributed by atoms with van der Waals surface area (Å²) in [5.74, 6) is 0.238. The van der Waals surface area contributed by atoms with Gasteiger partial charge in [0.15, 0.2) is 5.96 Å². The normalized spacial score (nSPS) is 30.3. The van der Waals surface area contributed by atoms with Gasteiger partial charge >= 0.3 is 0 Å². The van der Waals surface area contributed by atoms with Crippen LogP contribution in [0.4, 0.5) is 0 Å². The summed E-state index contributed by atoms with van der Waals surface area (Å²) < 4.78 is 0. The minimum Gasteiger partial charge on any atom is -0.370 e. The fourth-order valence-corrected chi connectivity index (χ4v) is 2.21. The zero-order valence-corrected chi connectivity index (χ0v) is 7.29. The predicted octanol–water partition coefficient (Wildman–Crippen LogP) is -0.340. The fraction of sp³-hybridized carbons (Fsp3) is 0.875. The quantitative estimate of drug-likeness (QED) is 0.384. The summed E-state index contributed by atoms with van der Waals surface area (Å²) in [5, 5.41) is 7.33. The van der Waals surface area contributed by atoms with Gasteiger partial charge in [-0.3, -0.25) is 10.3 Å². The van der Waals surface area contributed by atoms with E-state index in [9.17, 15) is 0 Å². The van der Waals surface area contributed by atoms with E-state index >= 15 is 0 Å². The second-order valence-corrected chi connectivity index (χ2v) is 3.66. The van der Waals surface area contributed by atoms with E-state index in [0.29, 0.717) is 6.04 Å². The number of guanidine groups is 1. The molecule has 0 aliphatic carbocycles. The van der Waals surface area contributed by atoms with Gasteiger partial charge in [0.2, 0.25) is 0 Å². The Morgan fingerprint density at radius 3 is 2.92 bits per heavy atom. The Kier molecular flexibility index (Phi) is 1.92. The molecule has 0 aromatic carbocycles. The maximum Gasteiger partial charge on any atom is 0.188 e. The van der Waals surface area contributed by atoms with Crippen molar-refractivity contribution in [3.63, 3.8) is 0 Å². The molecule has 3 N–H and O–H groups in total. The van der Waals surface area contributed by atoms with E-state index in [1.165, 1.54) is 19.4 Å². The Labute approximate surface area is 72.8 Å². The van der Waals surface area contributed by atoms with Gasteiger partial charge in [-0.05, 0) is 19.4 Å². The first-order valence-corrected chi connectivity index (χ1v) is 4.60. The fourth-order valence-electron chi connectivity index (χ4n) is 2.21.